The number of alkyl halides is 3. The van der Waals surface area contributed by atoms with Crippen molar-refractivity contribution in [2.75, 3.05) is 36.1 Å². The average molecular weight is 413 g/mol. The molecule has 2 unspecified atom stereocenters. The summed E-state index contributed by atoms with van der Waals surface area (Å²) >= 11 is 0. The van der Waals surface area contributed by atoms with Crippen LogP contribution in [0.5, 0.6) is 0 Å². The van der Waals surface area contributed by atoms with Gasteiger partial charge in [-0.05, 0) is 49.7 Å². The number of halogens is 3. The zero-order valence-electron chi connectivity index (χ0n) is 17.3. The largest absolute Gasteiger partial charge is 0.397 e. The second-order valence-electron chi connectivity index (χ2n) is 8.63. The lowest BCUT2D eigenvalue weighted by Crippen LogP contribution is -2.40. The Morgan fingerprint density at radius 1 is 1.10 bits per heavy atom. The summed E-state index contributed by atoms with van der Waals surface area (Å²) in [6.45, 7) is 6.09. The number of carbonyl (C=O) groups is 1. The SMILES string of the molecule is CNc1cc(N2CC(C)C(C)C2)c(C(=O)NC2CCC(C(F)(F)F)CC2)cc1N. The van der Waals surface area contributed by atoms with Gasteiger partial charge < -0.3 is 21.3 Å². The fraction of sp³-hybridized carbons (Fsp3) is 0.667. The third-order valence-corrected chi connectivity index (χ3v) is 6.54. The number of nitrogens with two attached hydrogens (primary N) is 1. The molecule has 3 rings (SSSR count). The quantitative estimate of drug-likeness (QED) is 0.647. The minimum Gasteiger partial charge on any atom is -0.397 e. The third kappa shape index (κ3) is 4.73. The van der Waals surface area contributed by atoms with Gasteiger partial charge in [-0.25, -0.2) is 0 Å². The van der Waals surface area contributed by atoms with E-state index in [-0.39, 0.29) is 24.8 Å². The molecule has 8 heteroatoms. The predicted octanol–water partition coefficient (Wildman–Crippen LogP) is 4.25. The first kappa shape index (κ1) is 21.6. The highest BCUT2D eigenvalue weighted by atomic mass is 19.4. The number of hydrogen-bond acceptors (Lipinski definition) is 4. The molecule has 0 aromatic heterocycles. The smallest absolute Gasteiger partial charge is 0.391 e. The number of amides is 1. The Kier molecular flexibility index (Phi) is 6.19. The number of anilines is 3. The van der Waals surface area contributed by atoms with E-state index in [9.17, 15) is 18.0 Å². The highest BCUT2D eigenvalue weighted by Crippen LogP contribution is 2.38. The molecule has 2 aliphatic rings. The zero-order valence-corrected chi connectivity index (χ0v) is 17.3. The van der Waals surface area contributed by atoms with Crippen LogP contribution in [0.4, 0.5) is 30.2 Å². The van der Waals surface area contributed by atoms with Crippen molar-refractivity contribution in [3.05, 3.63) is 17.7 Å². The van der Waals surface area contributed by atoms with Gasteiger partial charge >= 0.3 is 6.18 Å². The molecule has 1 saturated heterocycles. The maximum atomic E-state index is 13.0. The Balaban J connectivity index is 1.77. The number of rotatable bonds is 4. The van der Waals surface area contributed by atoms with Gasteiger partial charge in [-0.2, -0.15) is 13.2 Å². The molecule has 1 heterocycles. The number of hydrogen-bond donors (Lipinski definition) is 3. The van der Waals surface area contributed by atoms with Crippen molar-refractivity contribution in [2.24, 2.45) is 17.8 Å². The van der Waals surface area contributed by atoms with Gasteiger partial charge in [0, 0.05) is 26.2 Å². The standard InChI is InChI=1S/C21H31F3N4O/c1-12-10-28(11-13(12)2)19-9-18(26-3)17(25)8-16(19)20(29)27-15-6-4-14(5-7-15)21(22,23)24/h8-9,12-15,26H,4-7,10-11,25H2,1-3H3,(H,27,29). The molecule has 1 aromatic rings. The van der Waals surface area contributed by atoms with Crippen molar-refractivity contribution >= 4 is 23.0 Å². The molecule has 0 bridgehead atoms. The van der Waals surface area contributed by atoms with Gasteiger partial charge in [-0.1, -0.05) is 13.8 Å². The summed E-state index contributed by atoms with van der Waals surface area (Å²) in [6, 6.07) is 3.33. The van der Waals surface area contributed by atoms with Crippen molar-refractivity contribution in [3.63, 3.8) is 0 Å². The molecule has 5 nitrogen and oxygen atoms in total. The van der Waals surface area contributed by atoms with Gasteiger partial charge in [0.2, 0.25) is 0 Å². The topological polar surface area (TPSA) is 70.4 Å². The van der Waals surface area contributed by atoms with Crippen LogP contribution in [0, 0.1) is 17.8 Å². The lowest BCUT2D eigenvalue weighted by atomic mass is 9.85. The lowest BCUT2D eigenvalue weighted by molar-refractivity contribution is -0.182. The molecular weight excluding hydrogens is 381 g/mol. The highest BCUT2D eigenvalue weighted by Gasteiger charge is 2.41. The van der Waals surface area contributed by atoms with E-state index in [1.165, 1.54) is 0 Å². The van der Waals surface area contributed by atoms with Crippen LogP contribution in [0.15, 0.2) is 12.1 Å². The first-order chi connectivity index (χ1) is 13.6. The van der Waals surface area contributed by atoms with Crippen molar-refractivity contribution < 1.29 is 18.0 Å². The summed E-state index contributed by atoms with van der Waals surface area (Å²) in [5.74, 6) is -0.500. The molecule has 1 amide bonds. The molecule has 1 aliphatic heterocycles. The molecule has 0 spiro atoms. The summed E-state index contributed by atoms with van der Waals surface area (Å²) in [5, 5.41) is 6.01. The van der Waals surface area contributed by atoms with Crippen LogP contribution in [0.25, 0.3) is 0 Å². The van der Waals surface area contributed by atoms with Crippen LogP contribution in [-0.2, 0) is 0 Å². The fourth-order valence-electron chi connectivity index (χ4n) is 4.42. The Morgan fingerprint density at radius 2 is 1.69 bits per heavy atom. The molecule has 162 valence electrons. The summed E-state index contributed by atoms with van der Waals surface area (Å²) in [5.41, 5.74) is 8.65. The molecule has 0 radical (unpaired) electrons. The normalized spacial score (nSPS) is 27.7. The van der Waals surface area contributed by atoms with E-state index in [1.807, 2.05) is 6.07 Å². The van der Waals surface area contributed by atoms with Crippen LogP contribution in [-0.4, -0.2) is 38.3 Å². The van der Waals surface area contributed by atoms with E-state index in [2.05, 4.69) is 29.4 Å². The zero-order chi connectivity index (χ0) is 21.3. The fourth-order valence-corrected chi connectivity index (χ4v) is 4.42. The minimum atomic E-state index is -4.15. The first-order valence-electron chi connectivity index (χ1n) is 10.3. The minimum absolute atomic E-state index is 0.0588. The molecule has 29 heavy (non-hydrogen) atoms. The van der Waals surface area contributed by atoms with E-state index < -0.39 is 12.1 Å². The van der Waals surface area contributed by atoms with E-state index in [4.69, 9.17) is 5.73 Å². The molecule has 1 saturated carbocycles. The van der Waals surface area contributed by atoms with Crippen LogP contribution in [0.1, 0.15) is 49.9 Å². The van der Waals surface area contributed by atoms with Gasteiger partial charge in [0.25, 0.3) is 5.91 Å². The van der Waals surface area contributed by atoms with Gasteiger partial charge in [0.05, 0.1) is 28.5 Å². The monoisotopic (exact) mass is 412 g/mol. The highest BCUT2D eigenvalue weighted by molar-refractivity contribution is 6.02. The molecule has 1 aromatic carbocycles. The van der Waals surface area contributed by atoms with Gasteiger partial charge in [0.15, 0.2) is 0 Å². The van der Waals surface area contributed by atoms with Crippen molar-refractivity contribution in [3.8, 4) is 0 Å². The maximum Gasteiger partial charge on any atom is 0.391 e. The average Bonchev–Trinajstić information content (AvgIpc) is 2.99. The number of nitrogen functional groups attached to an aromatic ring is 1. The van der Waals surface area contributed by atoms with Crippen LogP contribution in [0.2, 0.25) is 0 Å². The summed E-state index contributed by atoms with van der Waals surface area (Å²) in [6.07, 6.45) is -3.35. The Morgan fingerprint density at radius 3 is 2.21 bits per heavy atom. The molecule has 2 atom stereocenters. The number of nitrogens with zero attached hydrogens (tertiary/aromatic N) is 1. The van der Waals surface area contributed by atoms with Gasteiger partial charge in [-0.3, -0.25) is 4.79 Å². The molecule has 2 fully saturated rings. The molecular formula is C21H31F3N4O. The maximum absolute atomic E-state index is 13.0. The van der Waals surface area contributed by atoms with Crippen LogP contribution < -0.4 is 21.3 Å². The first-order valence-corrected chi connectivity index (χ1v) is 10.3. The Bertz CT molecular complexity index is 734. The summed E-state index contributed by atoms with van der Waals surface area (Å²) in [7, 11) is 1.78. The number of benzene rings is 1. The van der Waals surface area contributed by atoms with Gasteiger partial charge in [-0.15, -0.1) is 0 Å². The van der Waals surface area contributed by atoms with Crippen LogP contribution >= 0.6 is 0 Å². The van der Waals surface area contributed by atoms with Crippen LogP contribution in [0.3, 0.4) is 0 Å². The summed E-state index contributed by atoms with van der Waals surface area (Å²) < 4.78 is 38.7. The molecule has 4 N–H and O–H groups in total. The Labute approximate surface area is 170 Å². The van der Waals surface area contributed by atoms with Gasteiger partial charge in [0.1, 0.15) is 0 Å². The molecule has 1 aliphatic carbocycles. The van der Waals surface area contributed by atoms with Crippen molar-refractivity contribution in [2.45, 2.75) is 51.7 Å². The van der Waals surface area contributed by atoms with E-state index >= 15 is 0 Å². The second kappa shape index (κ2) is 8.32. The summed E-state index contributed by atoms with van der Waals surface area (Å²) in [4.78, 5) is 15.2. The number of carbonyl (C=O) groups excluding carboxylic acids is 1. The van der Waals surface area contributed by atoms with E-state index in [0.717, 1.165) is 24.5 Å². The Hall–Kier alpha value is -2.12. The number of nitrogens with one attached hydrogen (secondary N) is 2. The van der Waals surface area contributed by atoms with Crippen molar-refractivity contribution in [1.29, 1.82) is 0 Å². The predicted molar refractivity (Wildman–Crippen MR) is 110 cm³/mol. The third-order valence-electron chi connectivity index (χ3n) is 6.54. The second-order valence-corrected chi connectivity index (χ2v) is 8.63. The van der Waals surface area contributed by atoms with Crippen molar-refractivity contribution in [1.82, 2.24) is 5.32 Å². The lowest BCUT2D eigenvalue weighted by Gasteiger charge is -2.31. The van der Waals surface area contributed by atoms with E-state index in [1.54, 1.807) is 13.1 Å². The van der Waals surface area contributed by atoms with E-state index in [0.29, 0.717) is 35.9 Å².